The second-order valence-electron chi connectivity index (χ2n) is 4.88. The Morgan fingerprint density at radius 2 is 2.26 bits per heavy atom. The Morgan fingerprint density at radius 3 is 2.79 bits per heavy atom. The Labute approximate surface area is 117 Å². The van der Waals surface area contributed by atoms with E-state index in [0.717, 1.165) is 5.56 Å². The van der Waals surface area contributed by atoms with Gasteiger partial charge in [0, 0.05) is 11.1 Å². The van der Waals surface area contributed by atoms with E-state index >= 15 is 0 Å². The molecule has 1 aliphatic heterocycles. The van der Waals surface area contributed by atoms with Crippen LogP contribution in [-0.4, -0.2) is 26.0 Å². The van der Waals surface area contributed by atoms with E-state index in [9.17, 15) is 12.8 Å². The first-order valence-corrected chi connectivity index (χ1v) is 8.21. The van der Waals surface area contributed by atoms with Crippen LogP contribution in [-0.2, 0) is 16.3 Å². The average molecular weight is 307 g/mol. The number of nitrogens with two attached hydrogens (primary N) is 1. The molecular weight excluding hydrogens is 291 g/mol. The molecule has 0 spiro atoms. The van der Waals surface area contributed by atoms with E-state index < -0.39 is 15.7 Å². The molecule has 0 saturated carbocycles. The average Bonchev–Trinajstić information content (AvgIpc) is 2.69. The Kier molecular flexibility index (Phi) is 4.45. The third-order valence-corrected chi connectivity index (χ3v) is 5.65. The van der Waals surface area contributed by atoms with E-state index in [1.807, 2.05) is 0 Å². The van der Waals surface area contributed by atoms with E-state index in [1.165, 1.54) is 12.1 Å². The molecule has 0 radical (unpaired) electrons. The molecule has 1 aromatic rings. The number of hydrogen-bond donors (Lipinski definition) is 2. The zero-order valence-corrected chi connectivity index (χ0v) is 11.8. The number of halogens is 2. The van der Waals surface area contributed by atoms with Gasteiger partial charge in [0.05, 0.1) is 11.5 Å². The molecule has 1 saturated heterocycles. The van der Waals surface area contributed by atoms with Gasteiger partial charge in [-0.05, 0) is 36.5 Å². The van der Waals surface area contributed by atoms with Crippen LogP contribution in [0.1, 0.15) is 12.0 Å². The highest BCUT2D eigenvalue weighted by Gasteiger charge is 2.33. The van der Waals surface area contributed by atoms with E-state index in [4.69, 9.17) is 17.4 Å². The predicted octanol–water partition coefficient (Wildman–Crippen LogP) is 1.29. The molecule has 2 unspecified atom stereocenters. The third kappa shape index (κ3) is 3.66. The quantitative estimate of drug-likeness (QED) is 0.649. The van der Waals surface area contributed by atoms with Crippen molar-refractivity contribution in [1.82, 2.24) is 5.43 Å². The lowest BCUT2D eigenvalue weighted by Gasteiger charge is -2.22. The molecule has 2 rings (SSSR count). The Balaban J connectivity index is 2.11. The molecule has 0 aromatic heterocycles. The number of hydrazine groups is 1. The summed E-state index contributed by atoms with van der Waals surface area (Å²) in [5, 5.41) is 0.334. The first-order chi connectivity index (χ1) is 8.91. The highest BCUT2D eigenvalue weighted by molar-refractivity contribution is 7.91. The highest BCUT2D eigenvalue weighted by Crippen LogP contribution is 2.26. The summed E-state index contributed by atoms with van der Waals surface area (Å²) in [7, 11) is -2.95. The number of benzene rings is 1. The SMILES string of the molecule is NNC(Cc1ccc(F)cc1Cl)C1CCS(=O)(=O)C1. The van der Waals surface area contributed by atoms with Gasteiger partial charge in [-0.1, -0.05) is 17.7 Å². The lowest BCUT2D eigenvalue weighted by atomic mass is 9.93. The Hall–Kier alpha value is -0.690. The number of sulfone groups is 1. The first-order valence-electron chi connectivity index (χ1n) is 6.02. The zero-order chi connectivity index (χ0) is 14.0. The number of rotatable bonds is 4. The van der Waals surface area contributed by atoms with Gasteiger partial charge in [0.1, 0.15) is 5.82 Å². The fourth-order valence-electron chi connectivity index (χ4n) is 2.43. The first kappa shape index (κ1) is 14.7. The summed E-state index contributed by atoms with van der Waals surface area (Å²) in [6, 6.07) is 4.00. The molecular formula is C12H16ClFN2O2S. The van der Waals surface area contributed by atoms with Gasteiger partial charge in [0.2, 0.25) is 0 Å². The van der Waals surface area contributed by atoms with Crippen molar-refractivity contribution < 1.29 is 12.8 Å². The van der Waals surface area contributed by atoms with Crippen molar-refractivity contribution in [3.63, 3.8) is 0 Å². The lowest BCUT2D eigenvalue weighted by Crippen LogP contribution is -2.43. The van der Waals surface area contributed by atoms with Gasteiger partial charge in [-0.15, -0.1) is 0 Å². The van der Waals surface area contributed by atoms with Gasteiger partial charge in [0.25, 0.3) is 0 Å². The molecule has 4 nitrogen and oxygen atoms in total. The topological polar surface area (TPSA) is 72.2 Å². The second-order valence-corrected chi connectivity index (χ2v) is 7.51. The van der Waals surface area contributed by atoms with Crippen LogP contribution >= 0.6 is 11.6 Å². The summed E-state index contributed by atoms with van der Waals surface area (Å²) < 4.78 is 35.9. The van der Waals surface area contributed by atoms with Gasteiger partial charge in [0.15, 0.2) is 9.84 Å². The van der Waals surface area contributed by atoms with Gasteiger partial charge >= 0.3 is 0 Å². The van der Waals surface area contributed by atoms with Crippen molar-refractivity contribution in [3.05, 3.63) is 34.6 Å². The third-order valence-electron chi connectivity index (χ3n) is 3.51. The Morgan fingerprint density at radius 1 is 1.53 bits per heavy atom. The van der Waals surface area contributed by atoms with E-state index in [-0.39, 0.29) is 23.5 Å². The van der Waals surface area contributed by atoms with Gasteiger partial charge in [-0.2, -0.15) is 0 Å². The maximum absolute atomic E-state index is 13.0. The largest absolute Gasteiger partial charge is 0.271 e. The fraction of sp³-hybridized carbons (Fsp3) is 0.500. The van der Waals surface area contributed by atoms with Crippen molar-refractivity contribution in [3.8, 4) is 0 Å². The zero-order valence-electron chi connectivity index (χ0n) is 10.3. The molecule has 0 aliphatic carbocycles. The summed E-state index contributed by atoms with van der Waals surface area (Å²) in [4.78, 5) is 0. The smallest absolute Gasteiger partial charge is 0.150 e. The van der Waals surface area contributed by atoms with E-state index in [2.05, 4.69) is 5.43 Å². The van der Waals surface area contributed by atoms with E-state index in [1.54, 1.807) is 6.07 Å². The van der Waals surface area contributed by atoms with Crippen LogP contribution in [0.25, 0.3) is 0 Å². The molecule has 1 heterocycles. The number of nitrogens with one attached hydrogen (secondary N) is 1. The maximum atomic E-state index is 13.0. The Bertz CT molecular complexity index is 565. The van der Waals surface area contributed by atoms with Crippen LogP contribution in [0.3, 0.4) is 0 Å². The molecule has 19 heavy (non-hydrogen) atoms. The molecule has 7 heteroatoms. The van der Waals surface area contributed by atoms with Crippen LogP contribution in [0.5, 0.6) is 0 Å². The van der Waals surface area contributed by atoms with Gasteiger partial charge in [-0.25, -0.2) is 12.8 Å². The minimum Gasteiger partial charge on any atom is -0.271 e. The molecule has 106 valence electrons. The summed E-state index contributed by atoms with van der Waals surface area (Å²) in [6.45, 7) is 0. The molecule has 1 aromatic carbocycles. The molecule has 0 bridgehead atoms. The van der Waals surface area contributed by atoms with E-state index in [0.29, 0.717) is 17.9 Å². The summed E-state index contributed by atoms with van der Waals surface area (Å²) in [5.74, 6) is 5.42. The molecule has 2 atom stereocenters. The minimum absolute atomic E-state index is 0.0314. The summed E-state index contributed by atoms with van der Waals surface area (Å²) >= 11 is 5.97. The van der Waals surface area contributed by atoms with Crippen LogP contribution in [0.2, 0.25) is 5.02 Å². The lowest BCUT2D eigenvalue weighted by molar-refractivity contribution is 0.385. The predicted molar refractivity (Wildman–Crippen MR) is 73.0 cm³/mol. The van der Waals surface area contributed by atoms with Gasteiger partial charge < -0.3 is 0 Å². The van der Waals surface area contributed by atoms with Crippen LogP contribution in [0.4, 0.5) is 4.39 Å². The molecule has 3 N–H and O–H groups in total. The standard InChI is InChI=1S/C12H16ClFN2O2S/c13-11-6-10(14)2-1-8(11)5-12(16-15)9-3-4-19(17,18)7-9/h1-2,6,9,12,16H,3-5,7,15H2. The van der Waals surface area contributed by atoms with Crippen LogP contribution in [0.15, 0.2) is 18.2 Å². The summed E-state index contributed by atoms with van der Waals surface area (Å²) in [6.07, 6.45) is 1.08. The van der Waals surface area contributed by atoms with Crippen molar-refractivity contribution in [2.24, 2.45) is 11.8 Å². The van der Waals surface area contributed by atoms with Crippen molar-refractivity contribution in [1.29, 1.82) is 0 Å². The number of hydrogen-bond acceptors (Lipinski definition) is 4. The minimum atomic E-state index is -2.95. The second kappa shape index (κ2) is 5.75. The summed E-state index contributed by atoms with van der Waals surface area (Å²) in [5.41, 5.74) is 3.41. The van der Waals surface area contributed by atoms with Crippen molar-refractivity contribution in [2.75, 3.05) is 11.5 Å². The van der Waals surface area contributed by atoms with Crippen molar-refractivity contribution >= 4 is 21.4 Å². The maximum Gasteiger partial charge on any atom is 0.150 e. The molecule has 0 amide bonds. The molecule has 1 aliphatic rings. The normalized spacial score (nSPS) is 23.4. The monoisotopic (exact) mass is 306 g/mol. The van der Waals surface area contributed by atoms with Crippen LogP contribution in [0, 0.1) is 11.7 Å². The van der Waals surface area contributed by atoms with Gasteiger partial charge in [-0.3, -0.25) is 11.3 Å². The molecule has 1 fully saturated rings. The van der Waals surface area contributed by atoms with Crippen molar-refractivity contribution in [2.45, 2.75) is 18.9 Å². The van der Waals surface area contributed by atoms with Crippen LogP contribution < -0.4 is 11.3 Å². The highest BCUT2D eigenvalue weighted by atomic mass is 35.5. The fourth-order valence-corrected chi connectivity index (χ4v) is 4.55.